The second-order valence-electron chi connectivity index (χ2n) is 5.46. The molecule has 0 aromatic carbocycles. The molecule has 0 saturated carbocycles. The summed E-state index contributed by atoms with van der Waals surface area (Å²) in [5, 5.41) is 0. The molecule has 0 unspecified atom stereocenters. The van der Waals surface area contributed by atoms with Gasteiger partial charge in [0.1, 0.15) is 12.3 Å². The van der Waals surface area contributed by atoms with Crippen molar-refractivity contribution in [2.24, 2.45) is 0 Å². The summed E-state index contributed by atoms with van der Waals surface area (Å²) >= 11 is 0. The molecule has 2 aromatic rings. The van der Waals surface area contributed by atoms with Crippen LogP contribution in [0.15, 0.2) is 45.7 Å². The van der Waals surface area contributed by atoms with Crippen LogP contribution in [-0.4, -0.2) is 41.0 Å². The second kappa shape index (κ2) is 8.86. The van der Waals surface area contributed by atoms with Gasteiger partial charge in [-0.05, 0) is 31.5 Å². The van der Waals surface area contributed by atoms with Gasteiger partial charge in [-0.25, -0.2) is 0 Å². The van der Waals surface area contributed by atoms with E-state index in [2.05, 4.69) is 0 Å². The smallest absolute Gasteiger partial charge is 0.325 e. The SMILES string of the molecule is CCCN(CC(=O)OCC)C(=O)c1ccc(Cn2ccccc2=O)o1. The molecule has 0 spiro atoms. The highest BCUT2D eigenvalue weighted by atomic mass is 16.5. The molecule has 0 radical (unpaired) electrons. The number of pyridine rings is 1. The quantitative estimate of drug-likeness (QED) is 0.682. The topological polar surface area (TPSA) is 81.8 Å². The Hall–Kier alpha value is -2.83. The first-order valence-electron chi connectivity index (χ1n) is 8.24. The Kier molecular flexibility index (Phi) is 6.56. The first-order chi connectivity index (χ1) is 12.0. The standard InChI is InChI=1S/C18H22N2O5/c1-3-10-20(13-17(22)24-4-2)18(23)15-9-8-14(25-15)12-19-11-6-5-7-16(19)21/h5-9,11H,3-4,10,12-13H2,1-2H3. The van der Waals surface area contributed by atoms with Crippen LogP contribution in [0.1, 0.15) is 36.6 Å². The van der Waals surface area contributed by atoms with E-state index in [-0.39, 0.29) is 36.9 Å². The van der Waals surface area contributed by atoms with Crippen molar-refractivity contribution in [1.29, 1.82) is 0 Å². The summed E-state index contributed by atoms with van der Waals surface area (Å²) in [6.07, 6.45) is 2.36. The highest BCUT2D eigenvalue weighted by Crippen LogP contribution is 2.12. The number of carbonyl (C=O) groups excluding carboxylic acids is 2. The lowest BCUT2D eigenvalue weighted by Gasteiger charge is -2.19. The summed E-state index contributed by atoms with van der Waals surface area (Å²) in [6.45, 7) is 4.44. The van der Waals surface area contributed by atoms with E-state index in [9.17, 15) is 14.4 Å². The predicted octanol–water partition coefficient (Wildman–Crippen LogP) is 1.90. The van der Waals surface area contributed by atoms with E-state index in [1.165, 1.54) is 15.5 Å². The lowest BCUT2D eigenvalue weighted by molar-refractivity contribution is -0.143. The normalized spacial score (nSPS) is 10.5. The van der Waals surface area contributed by atoms with E-state index in [0.29, 0.717) is 18.7 Å². The third-order valence-corrected chi connectivity index (χ3v) is 3.50. The maximum Gasteiger partial charge on any atom is 0.325 e. The van der Waals surface area contributed by atoms with Gasteiger partial charge in [0, 0.05) is 18.8 Å². The van der Waals surface area contributed by atoms with Crippen molar-refractivity contribution in [3.8, 4) is 0 Å². The van der Waals surface area contributed by atoms with Gasteiger partial charge < -0.3 is 18.6 Å². The Morgan fingerprint density at radius 3 is 2.68 bits per heavy atom. The molecule has 1 amide bonds. The molecule has 25 heavy (non-hydrogen) atoms. The van der Waals surface area contributed by atoms with E-state index < -0.39 is 5.97 Å². The van der Waals surface area contributed by atoms with Gasteiger partial charge in [0.25, 0.3) is 11.5 Å². The average molecular weight is 346 g/mol. The molecular weight excluding hydrogens is 324 g/mol. The molecule has 0 bridgehead atoms. The van der Waals surface area contributed by atoms with Crippen LogP contribution in [0, 0.1) is 0 Å². The molecule has 0 saturated heterocycles. The van der Waals surface area contributed by atoms with Crippen molar-refractivity contribution < 1.29 is 18.7 Å². The molecule has 0 atom stereocenters. The molecule has 2 heterocycles. The van der Waals surface area contributed by atoms with E-state index in [4.69, 9.17) is 9.15 Å². The number of carbonyl (C=O) groups is 2. The van der Waals surface area contributed by atoms with Crippen LogP contribution in [0.4, 0.5) is 0 Å². The van der Waals surface area contributed by atoms with E-state index in [1.807, 2.05) is 6.92 Å². The first-order valence-corrected chi connectivity index (χ1v) is 8.24. The maximum absolute atomic E-state index is 12.6. The maximum atomic E-state index is 12.6. The Morgan fingerprint density at radius 2 is 2.00 bits per heavy atom. The molecule has 7 heteroatoms. The number of hydrogen-bond acceptors (Lipinski definition) is 5. The Bertz CT molecular complexity index is 778. The van der Waals surface area contributed by atoms with E-state index >= 15 is 0 Å². The van der Waals surface area contributed by atoms with Crippen LogP contribution in [0.25, 0.3) is 0 Å². The van der Waals surface area contributed by atoms with Gasteiger partial charge in [-0.2, -0.15) is 0 Å². The number of furan rings is 1. The minimum absolute atomic E-state index is 0.116. The fourth-order valence-corrected chi connectivity index (χ4v) is 2.38. The van der Waals surface area contributed by atoms with Gasteiger partial charge in [-0.3, -0.25) is 14.4 Å². The van der Waals surface area contributed by atoms with Crippen LogP contribution in [-0.2, 0) is 16.1 Å². The predicted molar refractivity (Wildman–Crippen MR) is 91.3 cm³/mol. The molecule has 0 aliphatic carbocycles. The number of hydrogen-bond donors (Lipinski definition) is 0. The minimum atomic E-state index is -0.452. The summed E-state index contributed by atoms with van der Waals surface area (Å²) in [4.78, 5) is 37.4. The molecule has 2 aromatic heterocycles. The van der Waals surface area contributed by atoms with Crippen molar-refractivity contribution >= 4 is 11.9 Å². The fraction of sp³-hybridized carbons (Fsp3) is 0.389. The number of rotatable bonds is 8. The second-order valence-corrected chi connectivity index (χ2v) is 5.46. The van der Waals surface area contributed by atoms with Gasteiger partial charge in [0.05, 0.1) is 13.2 Å². The van der Waals surface area contributed by atoms with Crippen LogP contribution in [0.2, 0.25) is 0 Å². The zero-order valence-electron chi connectivity index (χ0n) is 14.4. The van der Waals surface area contributed by atoms with Crippen LogP contribution < -0.4 is 5.56 Å². The van der Waals surface area contributed by atoms with Gasteiger partial charge in [0.2, 0.25) is 0 Å². The average Bonchev–Trinajstić information content (AvgIpc) is 3.05. The zero-order valence-corrected chi connectivity index (χ0v) is 14.4. The molecule has 0 N–H and O–H groups in total. The highest BCUT2D eigenvalue weighted by molar-refractivity contribution is 5.93. The van der Waals surface area contributed by atoms with Crippen molar-refractivity contribution in [3.63, 3.8) is 0 Å². The summed E-state index contributed by atoms with van der Waals surface area (Å²) < 4.78 is 12.0. The summed E-state index contributed by atoms with van der Waals surface area (Å²) in [7, 11) is 0. The van der Waals surface area contributed by atoms with E-state index in [1.54, 1.807) is 37.4 Å². The third kappa shape index (κ3) is 5.07. The third-order valence-electron chi connectivity index (χ3n) is 3.50. The van der Waals surface area contributed by atoms with Gasteiger partial charge >= 0.3 is 5.97 Å². The molecular formula is C18H22N2O5. The summed E-state index contributed by atoms with van der Waals surface area (Å²) in [6, 6.07) is 8.07. The zero-order chi connectivity index (χ0) is 18.2. The Morgan fingerprint density at radius 1 is 1.20 bits per heavy atom. The van der Waals surface area contributed by atoms with Crippen molar-refractivity contribution in [3.05, 3.63) is 58.4 Å². The Labute approximate surface area is 145 Å². The van der Waals surface area contributed by atoms with Gasteiger partial charge in [-0.1, -0.05) is 13.0 Å². The Balaban J connectivity index is 2.10. The van der Waals surface area contributed by atoms with Crippen LogP contribution in [0.5, 0.6) is 0 Å². The minimum Gasteiger partial charge on any atom is -0.465 e. The van der Waals surface area contributed by atoms with Crippen molar-refractivity contribution in [2.45, 2.75) is 26.8 Å². The fourth-order valence-electron chi connectivity index (χ4n) is 2.38. The molecule has 2 rings (SSSR count). The summed E-state index contributed by atoms with van der Waals surface area (Å²) in [5.74, 6) is -0.200. The van der Waals surface area contributed by atoms with Crippen molar-refractivity contribution in [1.82, 2.24) is 9.47 Å². The number of ether oxygens (including phenoxy) is 1. The van der Waals surface area contributed by atoms with Gasteiger partial charge in [0.15, 0.2) is 5.76 Å². The number of nitrogens with zero attached hydrogens (tertiary/aromatic N) is 2. The first kappa shape index (κ1) is 18.5. The molecule has 0 aliphatic heterocycles. The largest absolute Gasteiger partial charge is 0.465 e. The monoisotopic (exact) mass is 346 g/mol. The van der Waals surface area contributed by atoms with E-state index in [0.717, 1.165) is 0 Å². The van der Waals surface area contributed by atoms with Gasteiger partial charge in [-0.15, -0.1) is 0 Å². The molecule has 0 fully saturated rings. The number of esters is 1. The molecule has 0 aliphatic rings. The highest BCUT2D eigenvalue weighted by Gasteiger charge is 2.21. The van der Waals surface area contributed by atoms with Crippen molar-refractivity contribution in [2.75, 3.05) is 19.7 Å². The lowest BCUT2D eigenvalue weighted by atomic mass is 10.3. The number of amides is 1. The molecule has 134 valence electrons. The lowest BCUT2D eigenvalue weighted by Crippen LogP contribution is -2.36. The number of aromatic nitrogens is 1. The van der Waals surface area contributed by atoms with Crippen LogP contribution in [0.3, 0.4) is 0 Å². The molecule has 7 nitrogen and oxygen atoms in total. The summed E-state index contributed by atoms with van der Waals surface area (Å²) in [5.41, 5.74) is -0.151. The van der Waals surface area contributed by atoms with Crippen LogP contribution >= 0.6 is 0 Å².